The Hall–Kier alpha value is -0.580. The SMILES string of the molecule is CC(C)(C)C(CCCl)NC(=O)c1cc2sccc2s1. The molecule has 1 unspecified atom stereocenters. The molecule has 0 fully saturated rings. The van der Waals surface area contributed by atoms with Crippen LogP contribution in [0, 0.1) is 5.41 Å². The van der Waals surface area contributed by atoms with E-state index in [9.17, 15) is 4.79 Å². The minimum absolute atomic E-state index is 0.0124. The maximum absolute atomic E-state index is 12.3. The number of thiophene rings is 2. The van der Waals surface area contributed by atoms with Gasteiger partial charge in [-0.2, -0.15) is 0 Å². The smallest absolute Gasteiger partial charge is 0.261 e. The van der Waals surface area contributed by atoms with Crippen molar-refractivity contribution in [1.82, 2.24) is 5.32 Å². The Labute approximate surface area is 126 Å². The quantitative estimate of drug-likeness (QED) is 0.811. The maximum Gasteiger partial charge on any atom is 0.261 e. The molecule has 0 saturated carbocycles. The first kappa shape index (κ1) is 14.8. The van der Waals surface area contributed by atoms with Crippen LogP contribution in [0.1, 0.15) is 36.9 Å². The maximum atomic E-state index is 12.3. The molecule has 0 spiro atoms. The fourth-order valence-electron chi connectivity index (χ4n) is 1.94. The third-order valence-corrected chi connectivity index (χ3v) is 5.42. The summed E-state index contributed by atoms with van der Waals surface area (Å²) in [5.41, 5.74) is 0.0131. The van der Waals surface area contributed by atoms with E-state index in [4.69, 9.17) is 11.6 Å². The Balaban J connectivity index is 2.13. The summed E-state index contributed by atoms with van der Waals surface area (Å²) < 4.78 is 2.36. The lowest BCUT2D eigenvalue weighted by atomic mass is 9.85. The molecule has 0 aliphatic heterocycles. The molecular formula is C14H18ClNOS2. The summed E-state index contributed by atoms with van der Waals surface area (Å²) in [4.78, 5) is 13.1. The topological polar surface area (TPSA) is 29.1 Å². The summed E-state index contributed by atoms with van der Waals surface area (Å²) >= 11 is 9.05. The molecule has 2 nitrogen and oxygen atoms in total. The van der Waals surface area contributed by atoms with Crippen LogP contribution in [-0.2, 0) is 0 Å². The van der Waals surface area contributed by atoms with Crippen molar-refractivity contribution >= 4 is 49.6 Å². The van der Waals surface area contributed by atoms with Gasteiger partial charge in [0, 0.05) is 21.3 Å². The van der Waals surface area contributed by atoms with E-state index < -0.39 is 0 Å². The summed E-state index contributed by atoms with van der Waals surface area (Å²) in [6, 6.07) is 4.12. The number of fused-ring (bicyclic) bond motifs is 1. The molecule has 2 aromatic heterocycles. The second-order valence-corrected chi connectivity index (χ2v) is 8.04. The molecule has 5 heteroatoms. The Bertz CT molecular complexity index is 539. The molecule has 0 saturated heterocycles. The number of carbonyl (C=O) groups is 1. The highest BCUT2D eigenvalue weighted by molar-refractivity contribution is 7.27. The number of alkyl halides is 1. The summed E-state index contributed by atoms with van der Waals surface area (Å²) in [7, 11) is 0. The summed E-state index contributed by atoms with van der Waals surface area (Å²) in [5, 5.41) is 5.17. The van der Waals surface area contributed by atoms with Gasteiger partial charge >= 0.3 is 0 Å². The van der Waals surface area contributed by atoms with E-state index in [1.54, 1.807) is 22.7 Å². The third-order valence-electron chi connectivity index (χ3n) is 3.11. The molecule has 2 rings (SSSR count). The standard InChI is InChI=1S/C14H18ClNOS2/c1-14(2,3)12(4-6-15)16-13(17)11-8-10-9(19-11)5-7-18-10/h5,7-8,12H,4,6H2,1-3H3,(H,16,17). The van der Waals surface area contributed by atoms with Crippen molar-refractivity contribution in [3.63, 3.8) is 0 Å². The van der Waals surface area contributed by atoms with E-state index in [0.717, 1.165) is 11.3 Å². The molecule has 0 bridgehead atoms. The first-order valence-electron chi connectivity index (χ1n) is 6.25. The zero-order valence-corrected chi connectivity index (χ0v) is 13.7. The summed E-state index contributed by atoms with van der Waals surface area (Å²) in [6.07, 6.45) is 0.788. The van der Waals surface area contributed by atoms with Crippen LogP contribution in [0.2, 0.25) is 0 Å². The molecule has 0 radical (unpaired) electrons. The van der Waals surface area contributed by atoms with Crippen LogP contribution < -0.4 is 5.32 Å². The molecule has 2 aromatic rings. The Morgan fingerprint density at radius 3 is 2.74 bits per heavy atom. The normalized spacial score (nSPS) is 13.7. The van der Waals surface area contributed by atoms with Crippen molar-refractivity contribution in [2.45, 2.75) is 33.2 Å². The zero-order valence-electron chi connectivity index (χ0n) is 11.3. The first-order valence-corrected chi connectivity index (χ1v) is 8.49. The lowest BCUT2D eigenvalue weighted by Gasteiger charge is -2.30. The minimum atomic E-state index is 0.0124. The number of hydrogen-bond donors (Lipinski definition) is 1. The highest BCUT2D eigenvalue weighted by atomic mass is 35.5. The lowest BCUT2D eigenvalue weighted by molar-refractivity contribution is 0.0904. The molecule has 19 heavy (non-hydrogen) atoms. The average molecular weight is 316 g/mol. The first-order chi connectivity index (χ1) is 8.91. The van der Waals surface area contributed by atoms with Gasteiger partial charge < -0.3 is 5.32 Å². The van der Waals surface area contributed by atoms with E-state index in [1.165, 1.54) is 9.40 Å². The van der Waals surface area contributed by atoms with Crippen LogP contribution in [0.4, 0.5) is 0 Å². The molecule has 104 valence electrons. The molecule has 1 amide bonds. The van der Waals surface area contributed by atoms with Gasteiger partial charge in [0.05, 0.1) is 4.88 Å². The van der Waals surface area contributed by atoms with Gasteiger partial charge in [-0.05, 0) is 29.3 Å². The van der Waals surface area contributed by atoms with Crippen molar-refractivity contribution in [2.24, 2.45) is 5.41 Å². The van der Waals surface area contributed by atoms with Crippen molar-refractivity contribution in [2.75, 3.05) is 5.88 Å². The third kappa shape index (κ3) is 3.50. The second-order valence-electron chi connectivity index (χ2n) is 5.63. The van der Waals surface area contributed by atoms with E-state index in [2.05, 4.69) is 32.2 Å². The van der Waals surface area contributed by atoms with Crippen LogP contribution in [0.25, 0.3) is 9.40 Å². The van der Waals surface area contributed by atoms with Crippen LogP contribution in [0.15, 0.2) is 17.5 Å². The highest BCUT2D eigenvalue weighted by Gasteiger charge is 2.26. The van der Waals surface area contributed by atoms with Crippen molar-refractivity contribution in [3.8, 4) is 0 Å². The van der Waals surface area contributed by atoms with Crippen molar-refractivity contribution in [1.29, 1.82) is 0 Å². The predicted octanol–water partition coefficient (Wildman–Crippen LogP) is 4.74. The van der Waals surface area contributed by atoms with Gasteiger partial charge in [0.15, 0.2) is 0 Å². The van der Waals surface area contributed by atoms with Crippen molar-refractivity contribution in [3.05, 3.63) is 22.4 Å². The predicted molar refractivity (Wildman–Crippen MR) is 85.7 cm³/mol. The van der Waals surface area contributed by atoms with Gasteiger partial charge in [-0.3, -0.25) is 4.79 Å². The van der Waals surface area contributed by atoms with Gasteiger partial charge in [-0.1, -0.05) is 20.8 Å². The summed E-state index contributed by atoms with van der Waals surface area (Å²) in [5.74, 6) is 0.570. The van der Waals surface area contributed by atoms with E-state index in [0.29, 0.717) is 5.88 Å². The molecule has 0 aliphatic rings. The number of nitrogens with one attached hydrogen (secondary N) is 1. The number of rotatable bonds is 4. The van der Waals surface area contributed by atoms with E-state index >= 15 is 0 Å². The van der Waals surface area contributed by atoms with Crippen LogP contribution in [0.3, 0.4) is 0 Å². The fourth-order valence-corrected chi connectivity index (χ4v) is 4.17. The van der Waals surface area contributed by atoms with E-state index in [1.807, 2.05) is 11.4 Å². The van der Waals surface area contributed by atoms with E-state index in [-0.39, 0.29) is 17.4 Å². The van der Waals surface area contributed by atoms with Crippen LogP contribution >= 0.6 is 34.3 Å². The van der Waals surface area contributed by atoms with Crippen LogP contribution in [0.5, 0.6) is 0 Å². The number of amides is 1. The van der Waals surface area contributed by atoms with Gasteiger partial charge in [-0.15, -0.1) is 34.3 Å². The molecule has 1 N–H and O–H groups in total. The number of carbonyl (C=O) groups excluding carboxylic acids is 1. The zero-order chi connectivity index (χ0) is 14.0. The largest absolute Gasteiger partial charge is 0.348 e. The number of halogens is 1. The second kappa shape index (κ2) is 5.81. The Morgan fingerprint density at radius 1 is 1.42 bits per heavy atom. The minimum Gasteiger partial charge on any atom is -0.348 e. The molecular weight excluding hydrogens is 298 g/mol. The molecule has 2 heterocycles. The molecule has 1 atom stereocenters. The fraction of sp³-hybridized carbons (Fsp3) is 0.500. The summed E-state index contributed by atoms with van der Waals surface area (Å²) in [6.45, 7) is 6.37. The van der Waals surface area contributed by atoms with Gasteiger partial charge in [0.2, 0.25) is 0 Å². The highest BCUT2D eigenvalue weighted by Crippen LogP contribution is 2.30. The van der Waals surface area contributed by atoms with Gasteiger partial charge in [-0.25, -0.2) is 0 Å². The average Bonchev–Trinajstić information content (AvgIpc) is 2.86. The molecule has 0 aliphatic carbocycles. The molecule has 0 aromatic carbocycles. The number of hydrogen-bond acceptors (Lipinski definition) is 3. The van der Waals surface area contributed by atoms with Gasteiger partial charge in [0.25, 0.3) is 5.91 Å². The lowest BCUT2D eigenvalue weighted by Crippen LogP contribution is -2.43. The van der Waals surface area contributed by atoms with Crippen LogP contribution in [-0.4, -0.2) is 17.8 Å². The monoisotopic (exact) mass is 315 g/mol. The Morgan fingerprint density at radius 2 is 2.16 bits per heavy atom. The van der Waals surface area contributed by atoms with Crippen molar-refractivity contribution < 1.29 is 4.79 Å². The Kier molecular flexibility index (Phi) is 4.54. The van der Waals surface area contributed by atoms with Gasteiger partial charge in [0.1, 0.15) is 0 Å².